The predicted octanol–water partition coefficient (Wildman–Crippen LogP) is 1.68. The van der Waals surface area contributed by atoms with Gasteiger partial charge in [0.15, 0.2) is 0 Å². The lowest BCUT2D eigenvalue weighted by atomic mass is 10.1. The quantitative estimate of drug-likeness (QED) is 0.693. The molecule has 0 unspecified atom stereocenters. The second-order valence-electron chi connectivity index (χ2n) is 5.64. The maximum Gasteiger partial charge on any atom is 0.0965 e. The number of hydrogen-bond acceptors (Lipinski definition) is 4. The first kappa shape index (κ1) is 15.1. The highest BCUT2D eigenvalue weighted by atomic mass is 16.2. The van der Waals surface area contributed by atoms with Crippen molar-refractivity contribution in [3.05, 3.63) is 11.9 Å². The van der Waals surface area contributed by atoms with E-state index < -0.39 is 0 Å². The van der Waals surface area contributed by atoms with Gasteiger partial charge in [-0.15, -0.1) is 5.10 Å². The highest BCUT2D eigenvalue weighted by molar-refractivity contribution is 4.93. The minimum absolute atomic E-state index is 0.00442. The SMILES string of the molecule is CC(C)(C)n1cc(CNCCCCCCO)nn1. The molecule has 1 heterocycles. The van der Waals surface area contributed by atoms with E-state index in [0.717, 1.165) is 38.0 Å². The van der Waals surface area contributed by atoms with Gasteiger partial charge >= 0.3 is 0 Å². The van der Waals surface area contributed by atoms with Gasteiger partial charge in [-0.1, -0.05) is 18.1 Å². The average molecular weight is 254 g/mol. The Balaban J connectivity index is 2.14. The van der Waals surface area contributed by atoms with Gasteiger partial charge in [0.25, 0.3) is 0 Å². The summed E-state index contributed by atoms with van der Waals surface area (Å²) in [5, 5.41) is 20.3. The van der Waals surface area contributed by atoms with Gasteiger partial charge in [-0.25, -0.2) is 4.68 Å². The van der Waals surface area contributed by atoms with Crippen LogP contribution in [0.4, 0.5) is 0 Å². The van der Waals surface area contributed by atoms with Crippen LogP contribution in [0.3, 0.4) is 0 Å². The summed E-state index contributed by atoms with van der Waals surface area (Å²) in [7, 11) is 0. The highest BCUT2D eigenvalue weighted by Gasteiger charge is 2.14. The monoisotopic (exact) mass is 254 g/mol. The summed E-state index contributed by atoms with van der Waals surface area (Å²) in [6.07, 6.45) is 6.34. The third kappa shape index (κ3) is 5.60. The number of nitrogens with one attached hydrogen (secondary N) is 1. The zero-order valence-corrected chi connectivity index (χ0v) is 11.8. The Morgan fingerprint density at radius 3 is 2.56 bits per heavy atom. The number of aromatic nitrogens is 3. The zero-order valence-electron chi connectivity index (χ0n) is 11.8. The van der Waals surface area contributed by atoms with Crippen LogP contribution in [0.1, 0.15) is 52.1 Å². The molecule has 2 N–H and O–H groups in total. The van der Waals surface area contributed by atoms with Gasteiger partial charge in [-0.3, -0.25) is 0 Å². The van der Waals surface area contributed by atoms with Gasteiger partial charge < -0.3 is 10.4 Å². The number of aliphatic hydroxyl groups is 1. The van der Waals surface area contributed by atoms with E-state index in [9.17, 15) is 0 Å². The number of hydrogen-bond donors (Lipinski definition) is 2. The Morgan fingerprint density at radius 1 is 1.22 bits per heavy atom. The minimum atomic E-state index is -0.00442. The van der Waals surface area contributed by atoms with E-state index in [-0.39, 0.29) is 5.54 Å². The van der Waals surface area contributed by atoms with Gasteiger partial charge in [-0.2, -0.15) is 0 Å². The lowest BCUT2D eigenvalue weighted by Gasteiger charge is -2.17. The summed E-state index contributed by atoms with van der Waals surface area (Å²) < 4.78 is 1.89. The molecule has 1 aromatic rings. The molecule has 0 radical (unpaired) electrons. The zero-order chi connectivity index (χ0) is 13.4. The van der Waals surface area contributed by atoms with Gasteiger partial charge in [0.05, 0.1) is 17.4 Å². The van der Waals surface area contributed by atoms with Crippen LogP contribution in [0.2, 0.25) is 0 Å². The average Bonchev–Trinajstić information content (AvgIpc) is 2.76. The lowest BCUT2D eigenvalue weighted by molar-refractivity contribution is 0.282. The Labute approximate surface area is 110 Å². The standard InChI is InChI=1S/C13H26N4O/c1-13(2,3)17-11-12(15-16-17)10-14-8-6-4-5-7-9-18/h11,14,18H,4-10H2,1-3H3. The molecule has 0 aliphatic rings. The molecule has 5 nitrogen and oxygen atoms in total. The van der Waals surface area contributed by atoms with Crippen molar-refractivity contribution in [2.24, 2.45) is 0 Å². The van der Waals surface area contributed by atoms with Crippen LogP contribution in [-0.2, 0) is 12.1 Å². The minimum Gasteiger partial charge on any atom is -0.396 e. The molecular weight excluding hydrogens is 228 g/mol. The Bertz CT molecular complexity index is 330. The number of aliphatic hydroxyl groups excluding tert-OH is 1. The summed E-state index contributed by atoms with van der Waals surface area (Å²) in [6.45, 7) is 8.41. The predicted molar refractivity (Wildman–Crippen MR) is 72.3 cm³/mol. The van der Waals surface area contributed by atoms with Crippen molar-refractivity contribution in [1.82, 2.24) is 20.3 Å². The molecule has 5 heteroatoms. The lowest BCUT2D eigenvalue weighted by Crippen LogP contribution is -2.22. The Hall–Kier alpha value is -0.940. The van der Waals surface area contributed by atoms with E-state index in [1.807, 2.05) is 10.9 Å². The first-order valence-electron chi connectivity index (χ1n) is 6.77. The third-order valence-electron chi connectivity index (χ3n) is 2.80. The first-order chi connectivity index (χ1) is 8.54. The number of unbranched alkanes of at least 4 members (excludes halogenated alkanes) is 3. The second kappa shape index (κ2) is 7.48. The first-order valence-corrected chi connectivity index (χ1v) is 6.77. The molecule has 0 aliphatic heterocycles. The van der Waals surface area contributed by atoms with Gasteiger partial charge in [0.1, 0.15) is 0 Å². The molecule has 0 atom stereocenters. The molecular formula is C13H26N4O. The molecule has 0 amide bonds. The van der Waals surface area contributed by atoms with Crippen LogP contribution in [0.25, 0.3) is 0 Å². The van der Waals surface area contributed by atoms with Crippen molar-refractivity contribution >= 4 is 0 Å². The van der Waals surface area contributed by atoms with Gasteiger partial charge in [-0.05, 0) is 40.2 Å². The number of nitrogens with zero attached hydrogens (tertiary/aromatic N) is 3. The van der Waals surface area contributed by atoms with E-state index in [1.54, 1.807) is 0 Å². The smallest absolute Gasteiger partial charge is 0.0965 e. The van der Waals surface area contributed by atoms with E-state index >= 15 is 0 Å². The maximum atomic E-state index is 8.65. The molecule has 0 fully saturated rings. The summed E-state index contributed by atoms with van der Waals surface area (Å²) in [5.41, 5.74) is 0.982. The number of rotatable bonds is 8. The maximum absolute atomic E-state index is 8.65. The highest BCUT2D eigenvalue weighted by Crippen LogP contribution is 2.11. The molecule has 0 spiro atoms. The van der Waals surface area contributed by atoms with Crippen LogP contribution >= 0.6 is 0 Å². The third-order valence-corrected chi connectivity index (χ3v) is 2.80. The van der Waals surface area contributed by atoms with E-state index in [2.05, 4.69) is 36.4 Å². The fourth-order valence-electron chi connectivity index (χ4n) is 1.64. The summed E-state index contributed by atoms with van der Waals surface area (Å²) in [5.74, 6) is 0. The summed E-state index contributed by atoms with van der Waals surface area (Å²) in [6, 6.07) is 0. The van der Waals surface area contributed by atoms with E-state index in [0.29, 0.717) is 6.61 Å². The van der Waals surface area contributed by atoms with Crippen LogP contribution < -0.4 is 5.32 Å². The van der Waals surface area contributed by atoms with Crippen molar-refractivity contribution in [2.45, 2.75) is 58.5 Å². The molecule has 104 valence electrons. The van der Waals surface area contributed by atoms with E-state index in [4.69, 9.17) is 5.11 Å². The summed E-state index contributed by atoms with van der Waals surface area (Å²) in [4.78, 5) is 0. The Morgan fingerprint density at radius 2 is 1.94 bits per heavy atom. The van der Waals surface area contributed by atoms with Crippen LogP contribution in [0, 0.1) is 0 Å². The molecule has 0 bridgehead atoms. The molecule has 18 heavy (non-hydrogen) atoms. The van der Waals surface area contributed by atoms with Gasteiger partial charge in [0.2, 0.25) is 0 Å². The normalized spacial score (nSPS) is 12.0. The molecule has 0 aromatic carbocycles. The molecule has 0 saturated heterocycles. The van der Waals surface area contributed by atoms with Crippen LogP contribution in [-0.4, -0.2) is 33.3 Å². The van der Waals surface area contributed by atoms with Crippen molar-refractivity contribution < 1.29 is 5.11 Å². The largest absolute Gasteiger partial charge is 0.396 e. The van der Waals surface area contributed by atoms with E-state index in [1.165, 1.54) is 6.42 Å². The molecule has 1 rings (SSSR count). The topological polar surface area (TPSA) is 63.0 Å². The van der Waals surface area contributed by atoms with Crippen LogP contribution in [0.5, 0.6) is 0 Å². The summed E-state index contributed by atoms with van der Waals surface area (Å²) >= 11 is 0. The Kier molecular flexibility index (Phi) is 6.29. The fraction of sp³-hybridized carbons (Fsp3) is 0.846. The van der Waals surface area contributed by atoms with Crippen molar-refractivity contribution in [3.63, 3.8) is 0 Å². The van der Waals surface area contributed by atoms with Crippen molar-refractivity contribution in [3.8, 4) is 0 Å². The molecule has 0 saturated carbocycles. The molecule has 0 aliphatic carbocycles. The van der Waals surface area contributed by atoms with Crippen molar-refractivity contribution in [1.29, 1.82) is 0 Å². The fourth-order valence-corrected chi connectivity index (χ4v) is 1.64. The molecule has 1 aromatic heterocycles. The second-order valence-corrected chi connectivity index (χ2v) is 5.64. The van der Waals surface area contributed by atoms with Crippen molar-refractivity contribution in [2.75, 3.05) is 13.2 Å². The van der Waals surface area contributed by atoms with Crippen LogP contribution in [0.15, 0.2) is 6.20 Å². The van der Waals surface area contributed by atoms with Gasteiger partial charge in [0, 0.05) is 13.2 Å².